The smallest absolute Gasteiger partial charge is 0.312 e. The zero-order chi connectivity index (χ0) is 20.8. The Hall–Kier alpha value is -3.35. The first-order valence-corrected chi connectivity index (χ1v) is 9.43. The SMILES string of the molecule is COc1ccc(NC(=O)C(C)OC(=O)C2CC(=O)N(Cc3ccccc3)C2)cc1. The number of methoxy groups -OCH3 is 1. The number of ether oxygens (including phenoxy) is 2. The van der Waals surface area contributed by atoms with Gasteiger partial charge in [0.15, 0.2) is 6.10 Å². The molecule has 1 heterocycles. The van der Waals surface area contributed by atoms with Gasteiger partial charge in [-0.05, 0) is 36.8 Å². The van der Waals surface area contributed by atoms with Crippen LogP contribution in [0.2, 0.25) is 0 Å². The van der Waals surface area contributed by atoms with Crippen LogP contribution in [-0.4, -0.2) is 42.4 Å². The fraction of sp³-hybridized carbons (Fsp3) is 0.318. The van der Waals surface area contributed by atoms with E-state index in [4.69, 9.17) is 9.47 Å². The molecule has 0 bridgehead atoms. The molecule has 2 unspecified atom stereocenters. The summed E-state index contributed by atoms with van der Waals surface area (Å²) in [6, 6.07) is 16.4. The van der Waals surface area contributed by atoms with E-state index < -0.39 is 23.9 Å². The lowest BCUT2D eigenvalue weighted by Crippen LogP contribution is -2.33. The molecule has 0 aliphatic carbocycles. The highest BCUT2D eigenvalue weighted by atomic mass is 16.5. The molecule has 1 N–H and O–H groups in total. The van der Waals surface area contributed by atoms with Crippen LogP contribution < -0.4 is 10.1 Å². The number of amides is 2. The van der Waals surface area contributed by atoms with Crippen molar-refractivity contribution in [3.8, 4) is 5.75 Å². The second-order valence-corrected chi connectivity index (χ2v) is 6.96. The van der Waals surface area contributed by atoms with Gasteiger partial charge in [0.1, 0.15) is 5.75 Å². The maximum Gasteiger partial charge on any atom is 0.312 e. The number of hydrogen-bond acceptors (Lipinski definition) is 5. The molecular formula is C22H24N2O5. The van der Waals surface area contributed by atoms with Crippen LogP contribution in [0.15, 0.2) is 54.6 Å². The van der Waals surface area contributed by atoms with Gasteiger partial charge >= 0.3 is 5.97 Å². The van der Waals surface area contributed by atoms with Gasteiger partial charge in [0, 0.05) is 25.2 Å². The number of hydrogen-bond donors (Lipinski definition) is 1. The van der Waals surface area contributed by atoms with E-state index >= 15 is 0 Å². The Morgan fingerprint density at radius 2 is 1.83 bits per heavy atom. The van der Waals surface area contributed by atoms with Crippen molar-refractivity contribution in [2.24, 2.45) is 5.92 Å². The minimum Gasteiger partial charge on any atom is -0.497 e. The van der Waals surface area contributed by atoms with E-state index in [-0.39, 0.29) is 12.3 Å². The summed E-state index contributed by atoms with van der Waals surface area (Å²) in [6.45, 7) is 2.26. The van der Waals surface area contributed by atoms with Gasteiger partial charge in [-0.25, -0.2) is 0 Å². The van der Waals surface area contributed by atoms with E-state index in [1.807, 2.05) is 30.3 Å². The second-order valence-electron chi connectivity index (χ2n) is 6.96. The van der Waals surface area contributed by atoms with E-state index in [9.17, 15) is 14.4 Å². The summed E-state index contributed by atoms with van der Waals surface area (Å²) in [6.07, 6.45) is -0.874. The Morgan fingerprint density at radius 3 is 2.48 bits per heavy atom. The molecule has 0 spiro atoms. The van der Waals surface area contributed by atoms with Gasteiger partial charge in [0.25, 0.3) is 5.91 Å². The van der Waals surface area contributed by atoms with Crippen molar-refractivity contribution < 1.29 is 23.9 Å². The van der Waals surface area contributed by atoms with Crippen molar-refractivity contribution in [3.63, 3.8) is 0 Å². The number of esters is 1. The van der Waals surface area contributed by atoms with Crippen LogP contribution >= 0.6 is 0 Å². The molecule has 152 valence electrons. The van der Waals surface area contributed by atoms with E-state index in [0.717, 1.165) is 5.56 Å². The van der Waals surface area contributed by atoms with E-state index in [2.05, 4.69) is 5.32 Å². The highest BCUT2D eigenvalue weighted by molar-refractivity contribution is 5.95. The molecule has 2 atom stereocenters. The lowest BCUT2D eigenvalue weighted by Gasteiger charge is -2.18. The summed E-state index contributed by atoms with van der Waals surface area (Å²) in [5, 5.41) is 2.69. The molecule has 1 fully saturated rings. The largest absolute Gasteiger partial charge is 0.497 e. The first kappa shape index (κ1) is 20.4. The molecule has 1 aliphatic heterocycles. The number of carbonyl (C=O) groups is 3. The van der Waals surface area contributed by atoms with E-state index in [1.54, 1.807) is 36.3 Å². The Bertz CT molecular complexity index is 867. The van der Waals surface area contributed by atoms with Crippen molar-refractivity contribution in [1.82, 2.24) is 4.90 Å². The van der Waals surface area contributed by atoms with Gasteiger partial charge < -0.3 is 19.7 Å². The lowest BCUT2D eigenvalue weighted by atomic mass is 10.1. The fourth-order valence-electron chi connectivity index (χ4n) is 3.13. The maximum absolute atomic E-state index is 12.4. The molecule has 2 aromatic rings. The van der Waals surface area contributed by atoms with Gasteiger partial charge in [-0.1, -0.05) is 30.3 Å². The van der Waals surface area contributed by atoms with E-state index in [0.29, 0.717) is 24.5 Å². The summed E-state index contributed by atoms with van der Waals surface area (Å²) in [7, 11) is 1.56. The summed E-state index contributed by atoms with van der Waals surface area (Å²) >= 11 is 0. The zero-order valence-corrected chi connectivity index (χ0v) is 16.5. The van der Waals surface area contributed by atoms with Crippen molar-refractivity contribution in [3.05, 3.63) is 60.2 Å². The molecular weight excluding hydrogens is 372 g/mol. The summed E-state index contributed by atoms with van der Waals surface area (Å²) in [5.41, 5.74) is 1.57. The predicted molar refractivity (Wildman–Crippen MR) is 107 cm³/mol. The Morgan fingerprint density at radius 1 is 1.14 bits per heavy atom. The second kappa shape index (κ2) is 9.23. The number of carbonyl (C=O) groups excluding carboxylic acids is 3. The van der Waals surface area contributed by atoms with Crippen LogP contribution in [0, 0.1) is 5.92 Å². The molecule has 29 heavy (non-hydrogen) atoms. The zero-order valence-electron chi connectivity index (χ0n) is 16.5. The minimum atomic E-state index is -0.970. The van der Waals surface area contributed by atoms with Gasteiger partial charge in [-0.15, -0.1) is 0 Å². The third-order valence-corrected chi connectivity index (χ3v) is 4.78. The first-order valence-electron chi connectivity index (χ1n) is 9.43. The van der Waals surface area contributed by atoms with Crippen molar-refractivity contribution >= 4 is 23.5 Å². The van der Waals surface area contributed by atoms with E-state index in [1.165, 1.54) is 6.92 Å². The first-order chi connectivity index (χ1) is 14.0. The summed E-state index contributed by atoms with van der Waals surface area (Å²) in [5.74, 6) is -0.956. The molecule has 0 aromatic heterocycles. The van der Waals surface area contributed by atoms with Crippen LogP contribution in [0.4, 0.5) is 5.69 Å². The molecule has 3 rings (SSSR count). The number of anilines is 1. The Balaban J connectivity index is 1.51. The van der Waals surface area contributed by atoms with Gasteiger partial charge in [0.2, 0.25) is 5.91 Å². The fourth-order valence-corrected chi connectivity index (χ4v) is 3.13. The number of likely N-dealkylation sites (tertiary alicyclic amines) is 1. The molecule has 1 aliphatic rings. The number of nitrogens with zero attached hydrogens (tertiary/aromatic N) is 1. The van der Waals surface area contributed by atoms with Gasteiger partial charge in [-0.2, -0.15) is 0 Å². The van der Waals surface area contributed by atoms with Crippen molar-refractivity contribution in [2.45, 2.75) is 26.0 Å². The average molecular weight is 396 g/mol. The van der Waals surface area contributed by atoms with Crippen molar-refractivity contribution in [2.75, 3.05) is 19.0 Å². The summed E-state index contributed by atoms with van der Waals surface area (Å²) in [4.78, 5) is 38.6. The standard InChI is InChI=1S/C22H24N2O5/c1-15(21(26)23-18-8-10-19(28-2)11-9-18)29-22(27)17-12-20(25)24(14-17)13-16-6-4-3-5-7-16/h3-11,15,17H,12-14H2,1-2H3,(H,23,26). The number of benzene rings is 2. The third-order valence-electron chi connectivity index (χ3n) is 4.78. The number of nitrogens with one attached hydrogen (secondary N) is 1. The summed E-state index contributed by atoms with van der Waals surface area (Å²) < 4.78 is 10.4. The van der Waals surface area contributed by atoms with Crippen LogP contribution in [-0.2, 0) is 25.7 Å². The Kier molecular flexibility index (Phi) is 6.49. The van der Waals surface area contributed by atoms with Gasteiger partial charge in [0.05, 0.1) is 13.0 Å². The average Bonchev–Trinajstić information content (AvgIpc) is 3.09. The molecule has 2 amide bonds. The lowest BCUT2D eigenvalue weighted by molar-refractivity contribution is -0.157. The normalized spacial score (nSPS) is 17.0. The highest BCUT2D eigenvalue weighted by Gasteiger charge is 2.36. The molecule has 0 saturated carbocycles. The third kappa shape index (κ3) is 5.34. The van der Waals surface area contributed by atoms with Crippen LogP contribution in [0.5, 0.6) is 5.75 Å². The molecule has 7 nitrogen and oxygen atoms in total. The number of rotatable bonds is 7. The maximum atomic E-state index is 12.4. The highest BCUT2D eigenvalue weighted by Crippen LogP contribution is 2.22. The molecule has 2 aromatic carbocycles. The molecule has 7 heteroatoms. The minimum absolute atomic E-state index is 0.0915. The van der Waals surface area contributed by atoms with Crippen LogP contribution in [0.3, 0.4) is 0 Å². The van der Waals surface area contributed by atoms with Crippen molar-refractivity contribution in [1.29, 1.82) is 0 Å². The van der Waals surface area contributed by atoms with Gasteiger partial charge in [-0.3, -0.25) is 14.4 Å². The van der Waals surface area contributed by atoms with Crippen LogP contribution in [0.1, 0.15) is 18.9 Å². The van der Waals surface area contributed by atoms with Crippen LogP contribution in [0.25, 0.3) is 0 Å². The monoisotopic (exact) mass is 396 g/mol. The Labute approximate surface area is 169 Å². The topological polar surface area (TPSA) is 84.9 Å². The molecule has 1 saturated heterocycles. The predicted octanol–water partition coefficient (Wildman–Crippen LogP) is 2.61. The molecule has 0 radical (unpaired) electrons. The quantitative estimate of drug-likeness (QED) is 0.728.